The molecule has 1 aliphatic heterocycles. The SMILES string of the molecule is O=C(O)C1CCC(c2nnc(-c3ccc(N4CCNCC4)cc3)s2)CC1. The molecule has 4 rings (SSSR count). The van der Waals surface area contributed by atoms with Crippen molar-refractivity contribution in [1.82, 2.24) is 15.5 Å². The van der Waals surface area contributed by atoms with E-state index >= 15 is 0 Å². The lowest BCUT2D eigenvalue weighted by Gasteiger charge is -2.29. The van der Waals surface area contributed by atoms with E-state index in [2.05, 4.69) is 44.7 Å². The third kappa shape index (κ3) is 3.73. The van der Waals surface area contributed by atoms with Gasteiger partial charge in [0.05, 0.1) is 5.92 Å². The van der Waals surface area contributed by atoms with Crippen LogP contribution in [0.5, 0.6) is 0 Å². The molecular weight excluding hydrogens is 348 g/mol. The van der Waals surface area contributed by atoms with Gasteiger partial charge in [-0.3, -0.25) is 4.79 Å². The molecule has 0 radical (unpaired) electrons. The predicted octanol–water partition coefficient (Wildman–Crippen LogP) is 2.97. The maximum Gasteiger partial charge on any atom is 0.306 e. The summed E-state index contributed by atoms with van der Waals surface area (Å²) < 4.78 is 0. The van der Waals surface area contributed by atoms with Crippen molar-refractivity contribution in [3.05, 3.63) is 29.3 Å². The second-order valence-corrected chi connectivity index (χ2v) is 8.13. The molecule has 0 spiro atoms. The number of carboxylic acid groups (broad SMARTS) is 1. The maximum absolute atomic E-state index is 11.1. The normalized spacial score (nSPS) is 23.8. The number of nitrogens with one attached hydrogen (secondary N) is 1. The first-order chi connectivity index (χ1) is 12.7. The van der Waals surface area contributed by atoms with Gasteiger partial charge in [-0.2, -0.15) is 0 Å². The Bertz CT molecular complexity index is 747. The molecule has 0 amide bonds. The Balaban J connectivity index is 1.42. The first-order valence-corrected chi connectivity index (χ1v) is 10.1. The Morgan fingerprint density at radius 1 is 1.08 bits per heavy atom. The van der Waals surface area contributed by atoms with E-state index in [4.69, 9.17) is 5.11 Å². The number of aliphatic carboxylic acids is 1. The quantitative estimate of drug-likeness (QED) is 0.859. The number of benzene rings is 1. The largest absolute Gasteiger partial charge is 0.481 e. The Hall–Kier alpha value is -1.99. The molecule has 2 heterocycles. The van der Waals surface area contributed by atoms with Crippen molar-refractivity contribution in [2.24, 2.45) is 5.92 Å². The molecule has 2 aliphatic rings. The fraction of sp³-hybridized carbons (Fsp3) is 0.526. The molecule has 2 aromatic rings. The number of carboxylic acids is 1. The number of hydrogen-bond donors (Lipinski definition) is 2. The van der Waals surface area contributed by atoms with Gasteiger partial charge in [-0.15, -0.1) is 10.2 Å². The summed E-state index contributed by atoms with van der Waals surface area (Å²) in [4.78, 5) is 13.5. The van der Waals surface area contributed by atoms with Gasteiger partial charge in [0.15, 0.2) is 0 Å². The van der Waals surface area contributed by atoms with Crippen molar-refractivity contribution in [3.63, 3.8) is 0 Å². The van der Waals surface area contributed by atoms with Crippen LogP contribution in [0.4, 0.5) is 5.69 Å². The third-order valence-electron chi connectivity index (χ3n) is 5.46. The first kappa shape index (κ1) is 17.4. The van der Waals surface area contributed by atoms with Crippen molar-refractivity contribution in [3.8, 4) is 10.6 Å². The number of nitrogens with zero attached hydrogens (tertiary/aromatic N) is 3. The van der Waals surface area contributed by atoms with Crippen LogP contribution in [-0.2, 0) is 4.79 Å². The van der Waals surface area contributed by atoms with Gasteiger partial charge in [0.2, 0.25) is 0 Å². The zero-order valence-corrected chi connectivity index (χ0v) is 15.5. The molecule has 1 saturated carbocycles. The van der Waals surface area contributed by atoms with Crippen molar-refractivity contribution < 1.29 is 9.90 Å². The van der Waals surface area contributed by atoms with Gasteiger partial charge >= 0.3 is 5.97 Å². The third-order valence-corrected chi connectivity index (χ3v) is 6.60. The number of anilines is 1. The molecule has 7 heteroatoms. The van der Waals surface area contributed by atoms with Crippen molar-refractivity contribution >= 4 is 23.0 Å². The summed E-state index contributed by atoms with van der Waals surface area (Å²) >= 11 is 1.65. The summed E-state index contributed by atoms with van der Waals surface area (Å²) in [7, 11) is 0. The van der Waals surface area contributed by atoms with Crippen LogP contribution < -0.4 is 10.2 Å². The molecule has 0 bridgehead atoms. The van der Waals surface area contributed by atoms with E-state index in [-0.39, 0.29) is 5.92 Å². The number of carbonyl (C=O) groups is 1. The molecule has 2 fully saturated rings. The summed E-state index contributed by atoms with van der Waals surface area (Å²) in [6.07, 6.45) is 3.28. The van der Waals surface area contributed by atoms with Crippen LogP contribution in [0.3, 0.4) is 0 Å². The van der Waals surface area contributed by atoms with Crippen LogP contribution in [0.2, 0.25) is 0 Å². The van der Waals surface area contributed by atoms with Crippen molar-refractivity contribution in [2.45, 2.75) is 31.6 Å². The second-order valence-electron chi connectivity index (χ2n) is 7.12. The minimum atomic E-state index is -0.661. The van der Waals surface area contributed by atoms with E-state index in [1.807, 2.05) is 0 Å². The zero-order chi connectivity index (χ0) is 17.9. The van der Waals surface area contributed by atoms with E-state index in [0.29, 0.717) is 5.92 Å². The van der Waals surface area contributed by atoms with Gasteiger partial charge < -0.3 is 15.3 Å². The maximum atomic E-state index is 11.1. The molecule has 138 valence electrons. The summed E-state index contributed by atoms with van der Waals surface area (Å²) in [5, 5.41) is 23.3. The number of rotatable bonds is 4. The molecule has 2 N–H and O–H groups in total. The molecule has 6 nitrogen and oxygen atoms in total. The zero-order valence-electron chi connectivity index (χ0n) is 14.7. The van der Waals surface area contributed by atoms with Crippen LogP contribution in [0, 0.1) is 5.92 Å². The van der Waals surface area contributed by atoms with Gasteiger partial charge in [0, 0.05) is 43.3 Å². The molecule has 1 aromatic carbocycles. The van der Waals surface area contributed by atoms with Gasteiger partial charge in [-0.1, -0.05) is 11.3 Å². The van der Waals surface area contributed by atoms with Crippen LogP contribution in [0.1, 0.15) is 36.6 Å². The lowest BCUT2D eigenvalue weighted by atomic mass is 9.82. The Kier molecular flexibility index (Phi) is 5.17. The van der Waals surface area contributed by atoms with Gasteiger partial charge in [-0.25, -0.2) is 0 Å². The standard InChI is InChI=1S/C19H24N4O2S/c24-19(25)15-3-1-13(2-4-15)17-21-22-18(26-17)14-5-7-16(8-6-14)23-11-9-20-10-12-23/h5-8,13,15,20H,1-4,9-12H2,(H,24,25). The first-order valence-electron chi connectivity index (χ1n) is 9.33. The Morgan fingerprint density at radius 3 is 2.42 bits per heavy atom. The van der Waals surface area contributed by atoms with Gasteiger partial charge in [0.1, 0.15) is 10.0 Å². The highest BCUT2D eigenvalue weighted by atomic mass is 32.1. The summed E-state index contributed by atoms with van der Waals surface area (Å²) in [6, 6.07) is 8.59. The van der Waals surface area contributed by atoms with Crippen molar-refractivity contribution in [2.75, 3.05) is 31.1 Å². The molecule has 0 unspecified atom stereocenters. The van der Waals surface area contributed by atoms with E-state index < -0.39 is 5.97 Å². The summed E-state index contributed by atoms with van der Waals surface area (Å²) in [5.74, 6) is -0.487. The van der Waals surface area contributed by atoms with Crippen LogP contribution in [0.15, 0.2) is 24.3 Å². The van der Waals surface area contributed by atoms with E-state index in [9.17, 15) is 4.79 Å². The van der Waals surface area contributed by atoms with Crippen LogP contribution in [0.25, 0.3) is 10.6 Å². The fourth-order valence-electron chi connectivity index (χ4n) is 3.84. The fourth-order valence-corrected chi connectivity index (χ4v) is 4.86. The highest BCUT2D eigenvalue weighted by molar-refractivity contribution is 7.14. The van der Waals surface area contributed by atoms with Crippen LogP contribution in [-0.4, -0.2) is 47.5 Å². The molecule has 1 aliphatic carbocycles. The monoisotopic (exact) mass is 372 g/mol. The van der Waals surface area contributed by atoms with Gasteiger partial charge in [-0.05, 0) is 49.9 Å². The Morgan fingerprint density at radius 2 is 1.77 bits per heavy atom. The summed E-state index contributed by atoms with van der Waals surface area (Å²) in [5.41, 5.74) is 2.36. The molecular formula is C19H24N4O2S. The molecule has 1 aromatic heterocycles. The number of piperazine rings is 1. The molecule has 0 atom stereocenters. The van der Waals surface area contributed by atoms with E-state index in [1.165, 1.54) is 5.69 Å². The average Bonchev–Trinajstić information content (AvgIpc) is 3.19. The Labute approximate surface area is 157 Å². The molecule has 26 heavy (non-hydrogen) atoms. The number of hydrogen-bond acceptors (Lipinski definition) is 6. The molecule has 1 saturated heterocycles. The predicted molar refractivity (Wildman–Crippen MR) is 103 cm³/mol. The average molecular weight is 372 g/mol. The lowest BCUT2D eigenvalue weighted by Crippen LogP contribution is -2.43. The number of aromatic nitrogens is 2. The van der Waals surface area contributed by atoms with E-state index in [1.54, 1.807) is 11.3 Å². The highest BCUT2D eigenvalue weighted by Gasteiger charge is 2.28. The second kappa shape index (κ2) is 7.72. The minimum Gasteiger partial charge on any atom is -0.481 e. The summed E-state index contributed by atoms with van der Waals surface area (Å²) in [6.45, 7) is 4.15. The minimum absolute atomic E-state index is 0.184. The smallest absolute Gasteiger partial charge is 0.306 e. The van der Waals surface area contributed by atoms with Gasteiger partial charge in [0.25, 0.3) is 0 Å². The topological polar surface area (TPSA) is 78.3 Å². The van der Waals surface area contributed by atoms with E-state index in [0.717, 1.165) is 67.4 Å². The van der Waals surface area contributed by atoms with Crippen LogP contribution >= 0.6 is 11.3 Å². The lowest BCUT2D eigenvalue weighted by molar-refractivity contribution is -0.142. The highest BCUT2D eigenvalue weighted by Crippen LogP contribution is 2.38. The van der Waals surface area contributed by atoms with Crippen molar-refractivity contribution in [1.29, 1.82) is 0 Å².